The van der Waals surface area contributed by atoms with Crippen LogP contribution in [0.25, 0.3) is 0 Å². The monoisotopic (exact) mass is 137 g/mol. The number of fused-ring (bicyclic) bond motifs is 1. The molecule has 0 atom stereocenters. The SMILES string of the molecule is O=C1OC(=O)c2c[nH]cc21. The van der Waals surface area contributed by atoms with E-state index in [1.165, 1.54) is 12.4 Å². The van der Waals surface area contributed by atoms with Crippen molar-refractivity contribution in [2.45, 2.75) is 0 Å². The van der Waals surface area contributed by atoms with Crippen molar-refractivity contribution < 1.29 is 14.3 Å². The van der Waals surface area contributed by atoms with Crippen LogP contribution in [0.2, 0.25) is 0 Å². The maximum atomic E-state index is 10.7. The number of rotatable bonds is 0. The fourth-order valence-electron chi connectivity index (χ4n) is 0.896. The van der Waals surface area contributed by atoms with E-state index in [9.17, 15) is 9.59 Å². The summed E-state index contributed by atoms with van der Waals surface area (Å²) in [7, 11) is 0. The molecule has 0 saturated heterocycles. The van der Waals surface area contributed by atoms with E-state index < -0.39 is 11.9 Å². The maximum absolute atomic E-state index is 10.7. The van der Waals surface area contributed by atoms with E-state index >= 15 is 0 Å². The zero-order chi connectivity index (χ0) is 7.14. The van der Waals surface area contributed by atoms with Gasteiger partial charge < -0.3 is 9.72 Å². The van der Waals surface area contributed by atoms with Crippen LogP contribution in [0.15, 0.2) is 12.4 Å². The van der Waals surface area contributed by atoms with Crippen LogP contribution in [-0.4, -0.2) is 16.9 Å². The van der Waals surface area contributed by atoms with Crippen molar-refractivity contribution in [2.24, 2.45) is 0 Å². The van der Waals surface area contributed by atoms with Crippen LogP contribution < -0.4 is 0 Å². The second-order valence-corrected chi connectivity index (χ2v) is 1.96. The summed E-state index contributed by atoms with van der Waals surface area (Å²) in [6, 6.07) is 0. The maximum Gasteiger partial charge on any atom is 0.348 e. The Morgan fingerprint density at radius 2 is 1.60 bits per heavy atom. The molecule has 0 amide bonds. The van der Waals surface area contributed by atoms with E-state index in [0.717, 1.165) is 0 Å². The number of aromatic nitrogens is 1. The van der Waals surface area contributed by atoms with Gasteiger partial charge in [-0.05, 0) is 0 Å². The highest BCUT2D eigenvalue weighted by molar-refractivity contribution is 6.14. The van der Waals surface area contributed by atoms with Crippen LogP contribution in [-0.2, 0) is 4.74 Å². The molecule has 1 aromatic rings. The summed E-state index contributed by atoms with van der Waals surface area (Å²) < 4.78 is 4.27. The molecule has 0 saturated carbocycles. The molecule has 4 heteroatoms. The summed E-state index contributed by atoms with van der Waals surface area (Å²) in [5.41, 5.74) is 0.648. The highest BCUT2D eigenvalue weighted by atomic mass is 16.6. The van der Waals surface area contributed by atoms with Gasteiger partial charge in [0, 0.05) is 12.4 Å². The van der Waals surface area contributed by atoms with Crippen molar-refractivity contribution in [1.29, 1.82) is 0 Å². The van der Waals surface area contributed by atoms with E-state index in [1.54, 1.807) is 0 Å². The lowest BCUT2D eigenvalue weighted by molar-refractivity contribution is 0.0442. The Bertz CT molecular complexity index is 284. The summed E-state index contributed by atoms with van der Waals surface area (Å²) in [6.07, 6.45) is 2.89. The molecule has 0 aliphatic carbocycles. The van der Waals surface area contributed by atoms with E-state index in [2.05, 4.69) is 9.72 Å². The van der Waals surface area contributed by atoms with Gasteiger partial charge in [0.05, 0.1) is 11.1 Å². The van der Waals surface area contributed by atoms with Gasteiger partial charge in [0.25, 0.3) is 0 Å². The van der Waals surface area contributed by atoms with Crippen LogP contribution in [0.5, 0.6) is 0 Å². The van der Waals surface area contributed by atoms with Crippen molar-refractivity contribution in [3.63, 3.8) is 0 Å². The van der Waals surface area contributed by atoms with Gasteiger partial charge in [0.2, 0.25) is 0 Å². The number of hydrogen-bond acceptors (Lipinski definition) is 3. The Morgan fingerprint density at radius 1 is 1.10 bits per heavy atom. The number of ether oxygens (including phenoxy) is 1. The zero-order valence-electron chi connectivity index (χ0n) is 4.88. The summed E-state index contributed by atoms with van der Waals surface area (Å²) in [5.74, 6) is -1.14. The number of H-pyrrole nitrogens is 1. The predicted octanol–water partition coefficient (Wildman–Crippen LogP) is 0.325. The summed E-state index contributed by atoms with van der Waals surface area (Å²) >= 11 is 0. The molecule has 0 fully saturated rings. The Kier molecular flexibility index (Phi) is 0.768. The molecule has 0 bridgehead atoms. The molecule has 10 heavy (non-hydrogen) atoms. The molecular formula is C6H3NO3. The van der Waals surface area contributed by atoms with Gasteiger partial charge in [0.15, 0.2) is 0 Å². The molecule has 2 heterocycles. The van der Waals surface area contributed by atoms with Gasteiger partial charge >= 0.3 is 11.9 Å². The first-order valence-corrected chi connectivity index (χ1v) is 2.72. The van der Waals surface area contributed by atoms with Crippen LogP contribution in [0.4, 0.5) is 0 Å². The van der Waals surface area contributed by atoms with Crippen LogP contribution in [0.1, 0.15) is 20.7 Å². The largest absolute Gasteiger partial charge is 0.386 e. The smallest absolute Gasteiger partial charge is 0.348 e. The van der Waals surface area contributed by atoms with E-state index in [0.29, 0.717) is 11.1 Å². The van der Waals surface area contributed by atoms with Gasteiger partial charge in [-0.3, -0.25) is 0 Å². The Hall–Kier alpha value is -1.58. The lowest BCUT2D eigenvalue weighted by atomic mass is 10.2. The van der Waals surface area contributed by atoms with Crippen molar-refractivity contribution in [2.75, 3.05) is 0 Å². The third kappa shape index (κ3) is 0.452. The average molecular weight is 137 g/mol. The van der Waals surface area contributed by atoms with Crippen molar-refractivity contribution >= 4 is 11.9 Å². The first kappa shape index (κ1) is 5.22. The van der Waals surface area contributed by atoms with Gasteiger partial charge in [-0.2, -0.15) is 0 Å². The lowest BCUT2D eigenvalue weighted by Gasteiger charge is -1.83. The van der Waals surface area contributed by atoms with Gasteiger partial charge in [-0.25, -0.2) is 9.59 Å². The molecule has 0 unspecified atom stereocenters. The number of carbonyl (C=O) groups is 2. The first-order valence-electron chi connectivity index (χ1n) is 2.72. The average Bonchev–Trinajstić information content (AvgIpc) is 2.39. The second-order valence-electron chi connectivity index (χ2n) is 1.96. The normalized spacial score (nSPS) is 15.2. The summed E-state index contributed by atoms with van der Waals surface area (Å²) in [4.78, 5) is 24.0. The fraction of sp³-hybridized carbons (Fsp3) is 0. The van der Waals surface area contributed by atoms with Crippen molar-refractivity contribution in [1.82, 2.24) is 4.98 Å². The number of nitrogens with one attached hydrogen (secondary N) is 1. The highest BCUT2D eigenvalue weighted by Crippen LogP contribution is 2.17. The molecule has 1 aromatic heterocycles. The van der Waals surface area contributed by atoms with E-state index in [4.69, 9.17) is 0 Å². The Labute approximate surface area is 55.8 Å². The number of cyclic esters (lactones) is 2. The molecule has 0 aromatic carbocycles. The predicted molar refractivity (Wildman–Crippen MR) is 30.5 cm³/mol. The second kappa shape index (κ2) is 1.47. The molecule has 1 aliphatic rings. The fourth-order valence-corrected chi connectivity index (χ4v) is 0.896. The summed E-state index contributed by atoms with van der Waals surface area (Å²) in [6.45, 7) is 0. The molecule has 1 N–H and O–H groups in total. The highest BCUT2D eigenvalue weighted by Gasteiger charge is 2.29. The van der Waals surface area contributed by atoms with Gasteiger partial charge in [-0.15, -0.1) is 0 Å². The van der Waals surface area contributed by atoms with Crippen molar-refractivity contribution in [3.05, 3.63) is 23.5 Å². The van der Waals surface area contributed by atoms with Crippen LogP contribution in [0, 0.1) is 0 Å². The third-order valence-corrected chi connectivity index (χ3v) is 1.37. The number of hydrogen-bond donors (Lipinski definition) is 1. The van der Waals surface area contributed by atoms with Crippen LogP contribution in [0.3, 0.4) is 0 Å². The minimum atomic E-state index is -0.568. The molecular weight excluding hydrogens is 134 g/mol. The molecule has 0 radical (unpaired) electrons. The number of esters is 2. The van der Waals surface area contributed by atoms with E-state index in [-0.39, 0.29) is 0 Å². The Morgan fingerprint density at radius 3 is 2.10 bits per heavy atom. The van der Waals surface area contributed by atoms with Gasteiger partial charge in [-0.1, -0.05) is 0 Å². The topological polar surface area (TPSA) is 59.2 Å². The molecule has 4 nitrogen and oxygen atoms in total. The molecule has 2 rings (SSSR count). The quantitative estimate of drug-likeness (QED) is 0.414. The molecule has 1 aliphatic heterocycles. The minimum Gasteiger partial charge on any atom is -0.386 e. The van der Waals surface area contributed by atoms with E-state index in [1.807, 2.05) is 0 Å². The third-order valence-electron chi connectivity index (χ3n) is 1.37. The van der Waals surface area contributed by atoms with Gasteiger partial charge in [0.1, 0.15) is 0 Å². The molecule has 50 valence electrons. The standard InChI is InChI=1S/C6H3NO3/c8-5-3-1-7-2-4(3)6(9)10-5/h1-2,7H. The van der Waals surface area contributed by atoms with Crippen LogP contribution >= 0.6 is 0 Å². The number of carbonyl (C=O) groups excluding carboxylic acids is 2. The zero-order valence-corrected chi connectivity index (χ0v) is 4.88. The number of aromatic amines is 1. The van der Waals surface area contributed by atoms with Crippen molar-refractivity contribution in [3.8, 4) is 0 Å². The summed E-state index contributed by atoms with van der Waals surface area (Å²) in [5, 5.41) is 0. The minimum absolute atomic E-state index is 0.324. The first-order chi connectivity index (χ1) is 4.79. The molecule has 0 spiro atoms. The Balaban J connectivity index is 2.69. The lowest BCUT2D eigenvalue weighted by Crippen LogP contribution is -1.98.